The molecule has 4 aromatic rings. The number of H-pyrrole nitrogens is 3. The van der Waals surface area contributed by atoms with Gasteiger partial charge in [-0.25, -0.2) is 9.59 Å². The third kappa shape index (κ3) is 3.10. The number of esters is 1. The Morgan fingerprint density at radius 3 is 2.48 bits per heavy atom. The molecular weight excluding hydrogens is 462 g/mol. The topological polar surface area (TPSA) is 128 Å². The molecule has 0 bridgehead atoms. The van der Waals surface area contributed by atoms with Crippen molar-refractivity contribution in [2.75, 3.05) is 7.11 Å². The van der Waals surface area contributed by atoms with E-state index >= 15 is 0 Å². The second kappa shape index (κ2) is 7.05. The molecule has 0 saturated carbocycles. The zero-order valence-corrected chi connectivity index (χ0v) is 17.6. The zero-order chi connectivity index (χ0) is 20.9. The Balaban J connectivity index is 2.12. The maximum atomic E-state index is 12.6. The highest BCUT2D eigenvalue weighted by Crippen LogP contribution is 2.47. The largest absolute Gasteiger partial charge is 0.505 e. The molecule has 1 aromatic carbocycles. The smallest absolute Gasteiger partial charge is 0.342 e. The molecule has 0 aliphatic heterocycles. The second-order valence-electron chi connectivity index (χ2n) is 6.24. The summed E-state index contributed by atoms with van der Waals surface area (Å²) in [4.78, 5) is 45.2. The molecule has 8 nitrogen and oxygen atoms in total. The number of halogens is 1. The Bertz CT molecular complexity index is 1380. The summed E-state index contributed by atoms with van der Waals surface area (Å²) < 4.78 is 5.63. The van der Waals surface area contributed by atoms with Gasteiger partial charge in [-0.05, 0) is 24.6 Å². The summed E-state index contributed by atoms with van der Waals surface area (Å²) in [5.74, 6) is -0.945. The average Bonchev–Trinajstić information content (AvgIpc) is 3.19. The molecule has 0 atom stereocenters. The van der Waals surface area contributed by atoms with E-state index < -0.39 is 17.2 Å². The number of fused-ring (bicyclic) bond motifs is 1. The molecule has 3 heterocycles. The Morgan fingerprint density at radius 2 is 1.83 bits per heavy atom. The van der Waals surface area contributed by atoms with Gasteiger partial charge in [-0.3, -0.25) is 14.8 Å². The molecule has 148 valence electrons. The van der Waals surface area contributed by atoms with Crippen LogP contribution in [0.3, 0.4) is 0 Å². The first-order chi connectivity index (χ1) is 13.8. The lowest BCUT2D eigenvalue weighted by atomic mass is 10.0. The number of hydrogen-bond donors (Lipinski definition) is 4. The van der Waals surface area contributed by atoms with Crippen LogP contribution < -0.4 is 11.2 Å². The SMILES string of the molecule is COC(=O)c1c(C)sc(-c2c(-c3ccc(Br)cc3)[nH]c3[nH]c(=O)[nH]c(=O)c23)c1O. The predicted octanol–water partition coefficient (Wildman–Crippen LogP) is 3.50. The number of aromatic nitrogens is 3. The molecule has 0 radical (unpaired) electrons. The van der Waals surface area contributed by atoms with E-state index in [9.17, 15) is 19.5 Å². The van der Waals surface area contributed by atoms with E-state index in [0.29, 0.717) is 21.0 Å². The van der Waals surface area contributed by atoms with Crippen molar-refractivity contribution in [1.82, 2.24) is 15.0 Å². The third-order valence-electron chi connectivity index (χ3n) is 4.50. The van der Waals surface area contributed by atoms with E-state index in [-0.39, 0.29) is 22.3 Å². The minimum absolute atomic E-state index is 0.0458. The van der Waals surface area contributed by atoms with Crippen LogP contribution in [0.15, 0.2) is 38.3 Å². The van der Waals surface area contributed by atoms with Crippen LogP contribution in [0, 0.1) is 6.92 Å². The van der Waals surface area contributed by atoms with Gasteiger partial charge in [0.05, 0.1) is 23.1 Å². The lowest BCUT2D eigenvalue weighted by molar-refractivity contribution is 0.0597. The van der Waals surface area contributed by atoms with Gasteiger partial charge in [-0.2, -0.15) is 0 Å². The number of thiophene rings is 1. The number of benzene rings is 1. The Kier molecular flexibility index (Phi) is 4.67. The number of methoxy groups -OCH3 is 1. The Morgan fingerprint density at radius 1 is 1.14 bits per heavy atom. The van der Waals surface area contributed by atoms with E-state index in [2.05, 4.69) is 30.9 Å². The lowest BCUT2D eigenvalue weighted by Gasteiger charge is -2.05. The van der Waals surface area contributed by atoms with Crippen LogP contribution in [0.2, 0.25) is 0 Å². The van der Waals surface area contributed by atoms with E-state index in [0.717, 1.165) is 21.4 Å². The van der Waals surface area contributed by atoms with Crippen molar-refractivity contribution in [1.29, 1.82) is 0 Å². The van der Waals surface area contributed by atoms with Crippen molar-refractivity contribution >= 4 is 44.3 Å². The van der Waals surface area contributed by atoms with E-state index in [1.807, 2.05) is 24.3 Å². The molecular formula is C19H14BrN3O5S. The van der Waals surface area contributed by atoms with Gasteiger partial charge in [0.25, 0.3) is 5.56 Å². The maximum Gasteiger partial charge on any atom is 0.342 e. The monoisotopic (exact) mass is 475 g/mol. The van der Waals surface area contributed by atoms with Crippen molar-refractivity contribution in [3.05, 3.63) is 60.0 Å². The maximum absolute atomic E-state index is 12.6. The average molecular weight is 476 g/mol. The van der Waals surface area contributed by atoms with Gasteiger partial charge in [0.2, 0.25) is 0 Å². The Hall–Kier alpha value is -3.11. The summed E-state index contributed by atoms with van der Waals surface area (Å²) in [7, 11) is 1.23. The van der Waals surface area contributed by atoms with Gasteiger partial charge < -0.3 is 14.8 Å². The highest BCUT2D eigenvalue weighted by Gasteiger charge is 2.28. The van der Waals surface area contributed by atoms with E-state index in [1.54, 1.807) is 6.92 Å². The van der Waals surface area contributed by atoms with Crippen LogP contribution in [-0.4, -0.2) is 33.1 Å². The summed E-state index contributed by atoms with van der Waals surface area (Å²) in [6.07, 6.45) is 0. The quantitative estimate of drug-likeness (QED) is 0.337. The normalized spacial score (nSPS) is 11.1. The predicted molar refractivity (Wildman–Crippen MR) is 114 cm³/mol. The van der Waals surface area contributed by atoms with Crippen LogP contribution in [0.25, 0.3) is 32.7 Å². The molecule has 0 saturated heterocycles. The summed E-state index contributed by atoms with van der Waals surface area (Å²) in [5.41, 5.74) is 0.641. The molecule has 3 aromatic heterocycles. The number of aryl methyl sites for hydroxylation is 1. The van der Waals surface area contributed by atoms with Gasteiger partial charge in [-0.1, -0.05) is 28.1 Å². The fourth-order valence-electron chi connectivity index (χ4n) is 3.24. The van der Waals surface area contributed by atoms with Crippen molar-refractivity contribution in [2.24, 2.45) is 0 Å². The number of aromatic amines is 3. The van der Waals surface area contributed by atoms with Crippen molar-refractivity contribution in [3.63, 3.8) is 0 Å². The van der Waals surface area contributed by atoms with Crippen molar-refractivity contribution < 1.29 is 14.6 Å². The first-order valence-corrected chi connectivity index (χ1v) is 9.98. The lowest BCUT2D eigenvalue weighted by Crippen LogP contribution is -2.21. The molecule has 0 aliphatic rings. The zero-order valence-electron chi connectivity index (χ0n) is 15.2. The summed E-state index contributed by atoms with van der Waals surface area (Å²) in [6.45, 7) is 1.68. The fourth-order valence-corrected chi connectivity index (χ4v) is 4.59. The Labute approximate surface area is 175 Å². The van der Waals surface area contributed by atoms with Crippen LogP contribution >= 0.6 is 27.3 Å². The third-order valence-corrected chi connectivity index (χ3v) is 6.14. The molecule has 0 amide bonds. The number of ether oxygens (including phenoxy) is 1. The molecule has 0 fully saturated rings. The second-order valence-corrected chi connectivity index (χ2v) is 8.38. The van der Waals surface area contributed by atoms with Crippen LogP contribution in [-0.2, 0) is 4.74 Å². The van der Waals surface area contributed by atoms with Crippen molar-refractivity contribution in [3.8, 4) is 27.4 Å². The van der Waals surface area contributed by atoms with Crippen LogP contribution in [0.5, 0.6) is 5.75 Å². The number of rotatable bonds is 3. The fraction of sp³-hybridized carbons (Fsp3) is 0.105. The molecule has 4 rings (SSSR count). The van der Waals surface area contributed by atoms with Crippen LogP contribution in [0.4, 0.5) is 0 Å². The number of aromatic hydroxyl groups is 1. The van der Waals surface area contributed by atoms with Gasteiger partial charge in [0, 0.05) is 14.9 Å². The summed E-state index contributed by atoms with van der Waals surface area (Å²) in [5, 5.41) is 11.0. The van der Waals surface area contributed by atoms with Crippen LogP contribution in [0.1, 0.15) is 15.2 Å². The molecule has 4 N–H and O–H groups in total. The molecule has 29 heavy (non-hydrogen) atoms. The summed E-state index contributed by atoms with van der Waals surface area (Å²) >= 11 is 4.54. The highest BCUT2D eigenvalue weighted by molar-refractivity contribution is 9.10. The first-order valence-electron chi connectivity index (χ1n) is 8.37. The van der Waals surface area contributed by atoms with Crippen molar-refractivity contribution in [2.45, 2.75) is 6.92 Å². The van der Waals surface area contributed by atoms with Gasteiger partial charge in [0.15, 0.2) is 0 Å². The minimum atomic E-state index is -0.671. The number of carbonyl (C=O) groups is 1. The van der Waals surface area contributed by atoms with Gasteiger partial charge >= 0.3 is 11.7 Å². The first kappa shape index (κ1) is 19.2. The molecule has 0 aliphatic carbocycles. The van der Waals surface area contributed by atoms with Gasteiger partial charge in [0.1, 0.15) is 17.0 Å². The molecule has 0 spiro atoms. The highest BCUT2D eigenvalue weighted by atomic mass is 79.9. The number of hydrogen-bond acceptors (Lipinski definition) is 6. The number of carbonyl (C=O) groups excluding carboxylic acids is 1. The molecule has 0 unspecified atom stereocenters. The standard InChI is InChI=1S/C19H14BrN3O5S/c1-7-10(18(26)28-2)14(24)15(29-7)11-12-16(22-19(27)23-17(12)25)21-13(11)8-3-5-9(20)6-4-8/h3-6,24H,1-2H3,(H3,21,22,23,25,27). The van der Waals surface area contributed by atoms with Gasteiger partial charge in [-0.15, -0.1) is 11.3 Å². The molecule has 10 heteroatoms. The van der Waals surface area contributed by atoms with E-state index in [4.69, 9.17) is 4.74 Å². The minimum Gasteiger partial charge on any atom is -0.505 e. The number of nitrogens with one attached hydrogen (secondary N) is 3. The van der Waals surface area contributed by atoms with E-state index in [1.165, 1.54) is 7.11 Å². The summed E-state index contributed by atoms with van der Waals surface area (Å²) in [6, 6.07) is 7.31.